The van der Waals surface area contributed by atoms with Gasteiger partial charge in [0.1, 0.15) is 0 Å². The molecule has 4 nitrogen and oxygen atoms in total. The van der Waals surface area contributed by atoms with Gasteiger partial charge in [0.15, 0.2) is 0 Å². The lowest BCUT2D eigenvalue weighted by molar-refractivity contribution is 0.728. The van der Waals surface area contributed by atoms with Gasteiger partial charge in [0, 0.05) is 19.3 Å². The van der Waals surface area contributed by atoms with E-state index < -0.39 is 0 Å². The van der Waals surface area contributed by atoms with Crippen LogP contribution in [-0.4, -0.2) is 9.13 Å². The van der Waals surface area contributed by atoms with E-state index in [9.17, 15) is 9.59 Å². The van der Waals surface area contributed by atoms with Crippen LogP contribution in [0, 0.1) is 13.0 Å². The minimum absolute atomic E-state index is 0.308. The fourth-order valence-corrected chi connectivity index (χ4v) is 1.41. The lowest BCUT2D eigenvalue weighted by Crippen LogP contribution is -2.36. The third-order valence-electron chi connectivity index (χ3n) is 2.42. The van der Waals surface area contributed by atoms with Crippen molar-refractivity contribution < 1.29 is 0 Å². The van der Waals surface area contributed by atoms with Crippen LogP contribution in [0.15, 0.2) is 40.1 Å². The van der Waals surface area contributed by atoms with Crippen molar-refractivity contribution in [3.8, 4) is 5.69 Å². The summed E-state index contributed by atoms with van der Waals surface area (Å²) in [6.07, 6.45) is 1.48. The lowest BCUT2D eigenvalue weighted by Gasteiger charge is -2.06. The van der Waals surface area contributed by atoms with Crippen molar-refractivity contribution in [3.05, 3.63) is 62.9 Å². The fraction of sp³-hybridized carbons (Fsp3) is 0.167. The first kappa shape index (κ1) is 10.4. The van der Waals surface area contributed by atoms with Crippen LogP contribution in [0.5, 0.6) is 0 Å². The van der Waals surface area contributed by atoms with Gasteiger partial charge in [-0.15, -0.1) is 0 Å². The molecule has 81 valence electrons. The summed E-state index contributed by atoms with van der Waals surface area (Å²) in [5, 5.41) is 0. The zero-order chi connectivity index (χ0) is 11.7. The summed E-state index contributed by atoms with van der Waals surface area (Å²) in [5.74, 6) is 0. The largest absolute Gasteiger partial charge is 0.335 e. The van der Waals surface area contributed by atoms with Crippen LogP contribution in [0.3, 0.4) is 0 Å². The second kappa shape index (κ2) is 3.81. The molecule has 1 aromatic carbocycles. The van der Waals surface area contributed by atoms with E-state index in [0.29, 0.717) is 5.69 Å². The number of hydrogen-bond donors (Lipinski definition) is 0. The normalized spacial score (nSPS) is 10.4. The summed E-state index contributed by atoms with van der Waals surface area (Å²) in [5.41, 5.74) is 1.04. The average Bonchev–Trinajstić information content (AvgIpc) is 2.28. The third kappa shape index (κ3) is 1.69. The molecular formula is C12H11N2O2. The molecule has 1 heterocycles. The Morgan fingerprint density at radius 2 is 1.94 bits per heavy atom. The van der Waals surface area contributed by atoms with E-state index >= 15 is 0 Å². The van der Waals surface area contributed by atoms with Crippen molar-refractivity contribution in [2.24, 2.45) is 7.05 Å². The molecule has 0 fully saturated rings. The maximum absolute atomic E-state index is 11.8. The molecule has 0 saturated heterocycles. The van der Waals surface area contributed by atoms with E-state index in [2.05, 4.69) is 6.07 Å². The highest BCUT2D eigenvalue weighted by molar-refractivity contribution is 5.33. The van der Waals surface area contributed by atoms with Crippen LogP contribution >= 0.6 is 0 Å². The third-order valence-corrected chi connectivity index (χ3v) is 2.42. The topological polar surface area (TPSA) is 44.0 Å². The molecule has 16 heavy (non-hydrogen) atoms. The molecule has 0 aliphatic heterocycles. The van der Waals surface area contributed by atoms with Crippen LogP contribution in [0.4, 0.5) is 0 Å². The molecular weight excluding hydrogens is 204 g/mol. The first-order chi connectivity index (χ1) is 7.59. The Bertz CT molecular complexity index is 621. The molecule has 0 N–H and O–H groups in total. The molecule has 0 spiro atoms. The molecule has 0 aliphatic rings. The van der Waals surface area contributed by atoms with E-state index in [0.717, 1.165) is 10.1 Å². The van der Waals surface area contributed by atoms with Crippen LogP contribution in [0.1, 0.15) is 5.56 Å². The quantitative estimate of drug-likeness (QED) is 0.701. The van der Waals surface area contributed by atoms with Crippen LogP contribution in [0.25, 0.3) is 5.69 Å². The molecule has 4 heteroatoms. The molecule has 2 rings (SSSR count). The summed E-state index contributed by atoms with van der Waals surface area (Å²) in [4.78, 5) is 23.0. The SMILES string of the molecule is Cc1[c]cc(-n2ccc(=O)n(C)c2=O)cc1. The van der Waals surface area contributed by atoms with Crippen molar-refractivity contribution in [2.75, 3.05) is 0 Å². The highest BCUT2D eigenvalue weighted by Gasteiger charge is 2.02. The number of aromatic nitrogens is 2. The highest BCUT2D eigenvalue weighted by atomic mass is 16.2. The number of benzene rings is 1. The van der Waals surface area contributed by atoms with Crippen LogP contribution in [-0.2, 0) is 7.05 Å². The van der Waals surface area contributed by atoms with Crippen LogP contribution < -0.4 is 11.2 Å². The maximum atomic E-state index is 11.8. The zero-order valence-corrected chi connectivity index (χ0v) is 9.10. The number of nitrogens with zero attached hydrogens (tertiary/aromatic N) is 2. The van der Waals surface area contributed by atoms with Gasteiger partial charge in [0.25, 0.3) is 5.56 Å². The van der Waals surface area contributed by atoms with Crippen molar-refractivity contribution in [1.29, 1.82) is 0 Å². The summed E-state index contributed by atoms with van der Waals surface area (Å²) >= 11 is 0. The Hall–Kier alpha value is -2.10. The maximum Gasteiger partial charge on any atom is 0.335 e. The van der Waals surface area contributed by atoms with Crippen molar-refractivity contribution in [1.82, 2.24) is 9.13 Å². The molecule has 0 saturated carbocycles. The van der Waals surface area contributed by atoms with Gasteiger partial charge in [-0.3, -0.25) is 13.9 Å². The number of hydrogen-bond acceptors (Lipinski definition) is 2. The van der Waals surface area contributed by atoms with Gasteiger partial charge in [-0.05, 0) is 30.7 Å². The molecule has 0 aliphatic carbocycles. The van der Waals surface area contributed by atoms with E-state index in [1.807, 2.05) is 19.1 Å². The van der Waals surface area contributed by atoms with Crippen molar-refractivity contribution in [2.45, 2.75) is 6.92 Å². The second-order valence-corrected chi connectivity index (χ2v) is 3.60. The minimum Gasteiger partial charge on any atom is -0.269 e. The number of rotatable bonds is 1. The predicted octanol–water partition coefficient (Wildman–Crippen LogP) is 0.645. The Labute approximate surface area is 92.4 Å². The van der Waals surface area contributed by atoms with Gasteiger partial charge >= 0.3 is 5.69 Å². The van der Waals surface area contributed by atoms with E-state index in [1.165, 1.54) is 23.9 Å². The summed E-state index contributed by atoms with van der Waals surface area (Å²) in [6.45, 7) is 1.92. The highest BCUT2D eigenvalue weighted by Crippen LogP contribution is 2.04. The molecule has 1 radical (unpaired) electrons. The smallest absolute Gasteiger partial charge is 0.269 e. The predicted molar refractivity (Wildman–Crippen MR) is 60.9 cm³/mol. The minimum atomic E-state index is -0.357. The van der Waals surface area contributed by atoms with Gasteiger partial charge < -0.3 is 0 Å². The molecule has 0 bridgehead atoms. The summed E-state index contributed by atoms with van der Waals surface area (Å²) in [7, 11) is 1.46. The molecule has 2 aromatic rings. The second-order valence-electron chi connectivity index (χ2n) is 3.60. The van der Waals surface area contributed by atoms with Gasteiger partial charge in [-0.2, -0.15) is 0 Å². The van der Waals surface area contributed by atoms with E-state index in [1.54, 1.807) is 6.07 Å². The van der Waals surface area contributed by atoms with Crippen LogP contribution in [0.2, 0.25) is 0 Å². The Morgan fingerprint density at radius 1 is 1.19 bits per heavy atom. The van der Waals surface area contributed by atoms with E-state index in [-0.39, 0.29) is 11.2 Å². The fourth-order valence-electron chi connectivity index (χ4n) is 1.41. The first-order valence-corrected chi connectivity index (χ1v) is 4.87. The Balaban J connectivity index is 2.66. The van der Waals surface area contributed by atoms with Gasteiger partial charge in [-0.25, -0.2) is 4.79 Å². The van der Waals surface area contributed by atoms with Gasteiger partial charge in [-0.1, -0.05) is 6.07 Å². The van der Waals surface area contributed by atoms with Crippen molar-refractivity contribution in [3.63, 3.8) is 0 Å². The molecule has 0 unspecified atom stereocenters. The summed E-state index contributed by atoms with van der Waals surface area (Å²) < 4.78 is 2.48. The Kier molecular flexibility index (Phi) is 2.48. The van der Waals surface area contributed by atoms with Gasteiger partial charge in [0.05, 0.1) is 5.69 Å². The lowest BCUT2D eigenvalue weighted by atomic mass is 10.2. The average molecular weight is 215 g/mol. The van der Waals surface area contributed by atoms with Crippen molar-refractivity contribution >= 4 is 0 Å². The molecule has 0 amide bonds. The Morgan fingerprint density at radius 3 is 2.56 bits per heavy atom. The van der Waals surface area contributed by atoms with E-state index in [4.69, 9.17) is 0 Å². The molecule has 0 atom stereocenters. The van der Waals surface area contributed by atoms with Gasteiger partial charge in [0.2, 0.25) is 0 Å². The number of aryl methyl sites for hydroxylation is 1. The summed E-state index contributed by atoms with van der Waals surface area (Å²) in [6, 6.07) is 9.78. The standard InChI is InChI=1S/C12H11N2O2/c1-9-3-5-10(6-4-9)14-8-7-11(15)13(2)12(14)16/h3,5-8H,1-2H3. The monoisotopic (exact) mass is 215 g/mol. The first-order valence-electron chi connectivity index (χ1n) is 4.87. The zero-order valence-electron chi connectivity index (χ0n) is 9.10. The molecule has 1 aromatic heterocycles.